The van der Waals surface area contributed by atoms with Gasteiger partial charge in [-0.15, -0.1) is 0 Å². The molecule has 0 atom stereocenters. The van der Waals surface area contributed by atoms with E-state index < -0.39 is 0 Å². The SMILES string of the molecule is CCCN(C)c1ccc2cc3ccc(=[N+](C)C)cc-3oc2c1. The van der Waals surface area contributed by atoms with Gasteiger partial charge in [-0.1, -0.05) is 6.92 Å². The van der Waals surface area contributed by atoms with Crippen LogP contribution in [0.5, 0.6) is 0 Å². The standard InChI is InChI=1S/C19H23N2O/c1-5-10-21(4)17-9-7-15-11-14-6-8-16(20(2)3)12-18(14)22-19(15)13-17/h6-9,11-13H,5,10H2,1-4H3/q+1. The van der Waals surface area contributed by atoms with E-state index in [9.17, 15) is 0 Å². The fraction of sp³-hybridized carbons (Fsp3) is 0.316. The zero-order chi connectivity index (χ0) is 15.7. The molecule has 1 aliphatic carbocycles. The predicted molar refractivity (Wildman–Crippen MR) is 93.5 cm³/mol. The van der Waals surface area contributed by atoms with E-state index in [0.29, 0.717) is 0 Å². The molecule has 1 heterocycles. The molecule has 1 aromatic rings. The molecule has 0 aromatic heterocycles. The second-order valence-electron chi connectivity index (χ2n) is 6.01. The summed E-state index contributed by atoms with van der Waals surface area (Å²) in [6.07, 6.45) is 1.13. The zero-order valence-electron chi connectivity index (χ0n) is 13.8. The van der Waals surface area contributed by atoms with Gasteiger partial charge in [0.2, 0.25) is 5.36 Å². The second kappa shape index (κ2) is 5.84. The van der Waals surface area contributed by atoms with E-state index in [4.69, 9.17) is 4.42 Å². The van der Waals surface area contributed by atoms with Crippen LogP contribution in [0.15, 0.2) is 46.9 Å². The third kappa shape index (κ3) is 2.71. The molecule has 3 heteroatoms. The summed E-state index contributed by atoms with van der Waals surface area (Å²) in [5.74, 6) is 0.925. The van der Waals surface area contributed by atoms with E-state index in [-0.39, 0.29) is 0 Å². The van der Waals surface area contributed by atoms with Gasteiger partial charge in [0.1, 0.15) is 25.4 Å². The Balaban J connectivity index is 2.18. The summed E-state index contributed by atoms with van der Waals surface area (Å²) in [5, 5.41) is 2.29. The van der Waals surface area contributed by atoms with Crippen molar-refractivity contribution in [2.75, 3.05) is 32.6 Å². The van der Waals surface area contributed by atoms with Gasteiger partial charge in [0.25, 0.3) is 0 Å². The van der Waals surface area contributed by atoms with Crippen molar-refractivity contribution in [3.8, 4) is 11.3 Å². The molecule has 0 spiro atoms. The first-order valence-electron chi connectivity index (χ1n) is 7.77. The Bertz CT molecular complexity index is 844. The van der Waals surface area contributed by atoms with Crippen molar-refractivity contribution < 1.29 is 4.42 Å². The summed E-state index contributed by atoms with van der Waals surface area (Å²) in [5.41, 5.74) is 3.26. The van der Waals surface area contributed by atoms with Crippen molar-refractivity contribution in [3.63, 3.8) is 0 Å². The topological polar surface area (TPSA) is 19.4 Å². The van der Waals surface area contributed by atoms with Crippen molar-refractivity contribution in [2.45, 2.75) is 13.3 Å². The van der Waals surface area contributed by atoms with Crippen molar-refractivity contribution in [1.82, 2.24) is 4.58 Å². The molecule has 0 unspecified atom stereocenters. The Morgan fingerprint density at radius 1 is 1.05 bits per heavy atom. The van der Waals surface area contributed by atoms with Crippen LogP contribution in [0.25, 0.3) is 22.3 Å². The summed E-state index contributed by atoms with van der Waals surface area (Å²) in [7, 11) is 6.20. The molecule has 1 aromatic carbocycles. The number of fused-ring (bicyclic) bond motifs is 2. The number of rotatable bonds is 3. The van der Waals surface area contributed by atoms with Gasteiger partial charge in [-0.3, -0.25) is 0 Å². The molecule has 0 bridgehead atoms. The van der Waals surface area contributed by atoms with Crippen LogP contribution >= 0.6 is 0 Å². The summed E-state index contributed by atoms with van der Waals surface area (Å²) < 4.78 is 8.24. The predicted octanol–water partition coefficient (Wildman–Crippen LogP) is 3.42. The quantitative estimate of drug-likeness (QED) is 0.545. The first-order chi connectivity index (χ1) is 10.6. The van der Waals surface area contributed by atoms with Crippen molar-refractivity contribution in [2.24, 2.45) is 0 Å². The minimum absolute atomic E-state index is 0.925. The third-order valence-corrected chi connectivity index (χ3v) is 4.04. The second-order valence-corrected chi connectivity index (χ2v) is 6.01. The van der Waals surface area contributed by atoms with Gasteiger partial charge >= 0.3 is 0 Å². The highest BCUT2D eigenvalue weighted by atomic mass is 16.3. The molecule has 0 N–H and O–H groups in total. The van der Waals surface area contributed by atoms with Crippen LogP contribution in [0.4, 0.5) is 5.69 Å². The summed E-state index contributed by atoms with van der Waals surface area (Å²) in [6.45, 7) is 3.24. The Morgan fingerprint density at radius 2 is 1.86 bits per heavy atom. The van der Waals surface area contributed by atoms with Crippen LogP contribution in [0.3, 0.4) is 0 Å². The number of anilines is 1. The Morgan fingerprint density at radius 3 is 2.59 bits per heavy atom. The lowest BCUT2D eigenvalue weighted by atomic mass is 10.1. The molecule has 0 radical (unpaired) electrons. The maximum Gasteiger partial charge on any atom is 0.203 e. The lowest BCUT2D eigenvalue weighted by Gasteiger charge is -2.18. The number of nitrogens with zero attached hydrogens (tertiary/aromatic N) is 2. The highest BCUT2D eigenvalue weighted by Gasteiger charge is 2.10. The van der Waals surface area contributed by atoms with Gasteiger partial charge in [0, 0.05) is 42.4 Å². The monoisotopic (exact) mass is 295 g/mol. The van der Waals surface area contributed by atoms with Gasteiger partial charge in [-0.2, -0.15) is 0 Å². The number of benzene rings is 2. The maximum absolute atomic E-state index is 6.15. The highest BCUT2D eigenvalue weighted by molar-refractivity contribution is 5.85. The lowest BCUT2D eigenvalue weighted by Crippen LogP contribution is -2.21. The first kappa shape index (κ1) is 14.6. The lowest BCUT2D eigenvalue weighted by molar-refractivity contribution is 0.616. The molecule has 0 amide bonds. The molecule has 0 saturated heterocycles. The van der Waals surface area contributed by atoms with Crippen LogP contribution < -0.4 is 14.8 Å². The van der Waals surface area contributed by atoms with Crippen molar-refractivity contribution in [3.05, 3.63) is 47.8 Å². The van der Waals surface area contributed by atoms with Gasteiger partial charge < -0.3 is 9.32 Å². The average molecular weight is 295 g/mol. The molecule has 3 nitrogen and oxygen atoms in total. The van der Waals surface area contributed by atoms with Crippen LogP contribution in [0, 0.1) is 0 Å². The summed E-state index contributed by atoms with van der Waals surface area (Å²) >= 11 is 0. The van der Waals surface area contributed by atoms with E-state index in [2.05, 4.69) is 65.9 Å². The van der Waals surface area contributed by atoms with Crippen LogP contribution in [0.2, 0.25) is 0 Å². The van der Waals surface area contributed by atoms with Crippen LogP contribution in [-0.2, 0) is 0 Å². The van der Waals surface area contributed by atoms with E-state index >= 15 is 0 Å². The van der Waals surface area contributed by atoms with E-state index in [1.54, 1.807) is 0 Å². The van der Waals surface area contributed by atoms with Gasteiger partial charge in [-0.25, -0.2) is 4.58 Å². The molecular weight excluding hydrogens is 272 g/mol. The molecule has 114 valence electrons. The third-order valence-electron chi connectivity index (χ3n) is 4.04. The minimum atomic E-state index is 0.925. The van der Waals surface area contributed by atoms with Crippen molar-refractivity contribution >= 4 is 16.7 Å². The van der Waals surface area contributed by atoms with Crippen LogP contribution in [-0.4, -0.2) is 27.7 Å². The minimum Gasteiger partial charge on any atom is -0.456 e. The molecule has 22 heavy (non-hydrogen) atoms. The molecule has 2 aliphatic rings. The largest absolute Gasteiger partial charge is 0.456 e. The average Bonchev–Trinajstić information content (AvgIpc) is 2.51. The van der Waals surface area contributed by atoms with Crippen LogP contribution in [0.1, 0.15) is 13.3 Å². The van der Waals surface area contributed by atoms with Gasteiger partial charge in [0.15, 0.2) is 0 Å². The molecule has 0 fully saturated rings. The Kier molecular flexibility index (Phi) is 3.88. The van der Waals surface area contributed by atoms with E-state index in [0.717, 1.165) is 40.6 Å². The maximum atomic E-state index is 6.15. The van der Waals surface area contributed by atoms with E-state index in [1.807, 2.05) is 14.1 Å². The summed E-state index contributed by atoms with van der Waals surface area (Å²) in [4.78, 5) is 2.26. The highest BCUT2D eigenvalue weighted by Crippen LogP contribution is 2.29. The molecule has 3 rings (SSSR count). The smallest absolute Gasteiger partial charge is 0.203 e. The number of hydrogen-bond acceptors (Lipinski definition) is 2. The van der Waals surface area contributed by atoms with Gasteiger partial charge in [0.05, 0.1) is 6.07 Å². The normalized spacial score (nSPS) is 11.1. The fourth-order valence-corrected chi connectivity index (χ4v) is 2.73. The molecule has 0 saturated carbocycles. The first-order valence-corrected chi connectivity index (χ1v) is 7.77. The summed E-state index contributed by atoms with van der Waals surface area (Å²) in [6, 6.07) is 15.0. The molecular formula is C19H23N2O+. The van der Waals surface area contributed by atoms with Crippen molar-refractivity contribution in [1.29, 1.82) is 0 Å². The number of hydrogen-bond donors (Lipinski definition) is 0. The Hall–Kier alpha value is -2.29. The van der Waals surface area contributed by atoms with E-state index in [1.165, 1.54) is 5.69 Å². The Labute approximate surface area is 131 Å². The van der Waals surface area contributed by atoms with Gasteiger partial charge in [-0.05, 0) is 30.7 Å². The zero-order valence-corrected chi connectivity index (χ0v) is 13.8. The molecule has 1 aliphatic heterocycles. The fourth-order valence-electron chi connectivity index (χ4n) is 2.73.